The Morgan fingerprint density at radius 1 is 1.34 bits per heavy atom. The summed E-state index contributed by atoms with van der Waals surface area (Å²) in [7, 11) is 0. The lowest BCUT2D eigenvalue weighted by molar-refractivity contribution is 0.00328. The van der Waals surface area contributed by atoms with Crippen LogP contribution in [0.25, 0.3) is 10.4 Å². The Hall–Kier alpha value is -3.34. The van der Waals surface area contributed by atoms with Crippen molar-refractivity contribution in [1.29, 1.82) is 0 Å². The van der Waals surface area contributed by atoms with Gasteiger partial charge in [0.15, 0.2) is 0 Å². The molecule has 1 aromatic carbocycles. The van der Waals surface area contributed by atoms with Crippen molar-refractivity contribution in [3.8, 4) is 10.4 Å². The van der Waals surface area contributed by atoms with E-state index in [1.165, 1.54) is 12.1 Å². The molecule has 2 amide bonds. The summed E-state index contributed by atoms with van der Waals surface area (Å²) >= 11 is 1.16. The Morgan fingerprint density at radius 3 is 2.83 bits per heavy atom. The van der Waals surface area contributed by atoms with E-state index in [4.69, 9.17) is 10.5 Å². The van der Waals surface area contributed by atoms with Gasteiger partial charge in [0.1, 0.15) is 22.3 Å². The van der Waals surface area contributed by atoms with E-state index >= 15 is 0 Å². The van der Waals surface area contributed by atoms with E-state index < -0.39 is 17.8 Å². The second-order valence-electron chi connectivity index (χ2n) is 8.54. The van der Waals surface area contributed by atoms with Gasteiger partial charge in [-0.2, -0.15) is 0 Å². The van der Waals surface area contributed by atoms with Crippen LogP contribution in [0.2, 0.25) is 0 Å². The smallest absolute Gasteiger partial charge is 0.272 e. The van der Waals surface area contributed by atoms with Crippen molar-refractivity contribution in [1.82, 2.24) is 9.88 Å². The van der Waals surface area contributed by atoms with Crippen molar-refractivity contribution in [2.45, 2.75) is 32.4 Å². The Labute approximate surface area is 206 Å². The zero-order chi connectivity index (χ0) is 25.1. The number of rotatable bonds is 7. The first-order valence-corrected chi connectivity index (χ1v) is 12.1. The van der Waals surface area contributed by atoms with Gasteiger partial charge in [0.25, 0.3) is 11.8 Å². The number of nitrogens with one attached hydrogen (secondary N) is 1. The van der Waals surface area contributed by atoms with Crippen LogP contribution in [0.5, 0.6) is 0 Å². The molecule has 0 saturated carbocycles. The summed E-state index contributed by atoms with van der Waals surface area (Å²) < 4.78 is 20.2. The molecule has 2 aromatic heterocycles. The Morgan fingerprint density at radius 2 is 2.14 bits per heavy atom. The van der Waals surface area contributed by atoms with Crippen LogP contribution in [0.3, 0.4) is 0 Å². The van der Waals surface area contributed by atoms with Crippen LogP contribution in [-0.4, -0.2) is 58.7 Å². The highest BCUT2D eigenvalue weighted by molar-refractivity contribution is 7.19. The number of nitrogens with two attached hydrogens (primary N) is 1. The highest BCUT2D eigenvalue weighted by atomic mass is 32.1. The third kappa shape index (κ3) is 5.67. The summed E-state index contributed by atoms with van der Waals surface area (Å²) in [4.78, 5) is 31.7. The summed E-state index contributed by atoms with van der Waals surface area (Å²) in [5.74, 6) is -0.973. The lowest BCUT2D eigenvalue weighted by atomic mass is 10.0. The number of carbonyl (C=O) groups is 2. The molecule has 1 aliphatic rings. The minimum atomic E-state index is -0.671. The van der Waals surface area contributed by atoms with Crippen molar-refractivity contribution < 1.29 is 23.8 Å². The number of amides is 2. The third-order valence-corrected chi connectivity index (χ3v) is 6.75. The number of ether oxygens (including phenoxy) is 1. The summed E-state index contributed by atoms with van der Waals surface area (Å²) in [5.41, 5.74) is 7.03. The molecular weight excluding hydrogens is 471 g/mol. The van der Waals surface area contributed by atoms with Crippen molar-refractivity contribution in [3.05, 3.63) is 65.1 Å². The van der Waals surface area contributed by atoms with Crippen molar-refractivity contribution in [3.63, 3.8) is 0 Å². The lowest BCUT2D eigenvalue weighted by Crippen LogP contribution is -2.47. The molecule has 1 fully saturated rings. The number of morpholine rings is 1. The van der Waals surface area contributed by atoms with E-state index in [0.717, 1.165) is 11.3 Å². The average Bonchev–Trinajstić information content (AvgIpc) is 3.22. The van der Waals surface area contributed by atoms with Crippen molar-refractivity contribution >= 4 is 34.0 Å². The van der Waals surface area contributed by atoms with Gasteiger partial charge in [-0.15, -0.1) is 11.3 Å². The summed E-state index contributed by atoms with van der Waals surface area (Å²) in [6.07, 6.45) is -0.244. The molecule has 8 nitrogen and oxygen atoms in total. The molecule has 184 valence electrons. The Kier molecular flexibility index (Phi) is 7.44. The predicted molar refractivity (Wildman–Crippen MR) is 132 cm³/mol. The van der Waals surface area contributed by atoms with E-state index in [9.17, 15) is 19.1 Å². The van der Waals surface area contributed by atoms with Gasteiger partial charge in [0, 0.05) is 17.0 Å². The van der Waals surface area contributed by atoms with Gasteiger partial charge in [0.2, 0.25) is 0 Å². The molecule has 3 heterocycles. The van der Waals surface area contributed by atoms with Gasteiger partial charge < -0.3 is 25.8 Å². The molecule has 4 N–H and O–H groups in total. The van der Waals surface area contributed by atoms with Gasteiger partial charge >= 0.3 is 0 Å². The van der Waals surface area contributed by atoms with Gasteiger partial charge in [-0.3, -0.25) is 9.59 Å². The second-order valence-corrected chi connectivity index (χ2v) is 9.59. The predicted octanol–water partition coefficient (Wildman–Crippen LogP) is 3.58. The number of nitrogens with zero attached hydrogens (tertiary/aromatic N) is 2. The number of benzene rings is 1. The van der Waals surface area contributed by atoms with Crippen LogP contribution in [0.1, 0.15) is 40.3 Å². The number of anilines is 2. The topological polar surface area (TPSA) is 118 Å². The molecule has 2 atom stereocenters. The summed E-state index contributed by atoms with van der Waals surface area (Å²) in [6.45, 7) is 4.99. The van der Waals surface area contributed by atoms with Gasteiger partial charge in [-0.25, -0.2) is 9.37 Å². The molecule has 35 heavy (non-hydrogen) atoms. The Bertz CT molecular complexity index is 1250. The molecular formula is C25H27FN4O4S. The number of carbonyl (C=O) groups excluding carboxylic acids is 2. The molecule has 1 unspecified atom stereocenters. The first-order chi connectivity index (χ1) is 16.7. The number of aliphatic hydroxyl groups is 1. The monoisotopic (exact) mass is 498 g/mol. The van der Waals surface area contributed by atoms with Crippen LogP contribution in [0.4, 0.5) is 15.2 Å². The average molecular weight is 499 g/mol. The number of aliphatic hydroxyl groups excluding tert-OH is 1. The van der Waals surface area contributed by atoms with Crippen LogP contribution in [0, 0.1) is 5.82 Å². The Balaban J connectivity index is 1.60. The quantitative estimate of drug-likeness (QED) is 0.458. The second kappa shape index (κ2) is 10.5. The number of primary amides is 1. The van der Waals surface area contributed by atoms with Crippen molar-refractivity contribution in [2.75, 3.05) is 25.1 Å². The molecule has 0 bridgehead atoms. The normalized spacial score (nSPS) is 16.7. The summed E-state index contributed by atoms with van der Waals surface area (Å²) in [5, 5.41) is 13.0. The van der Waals surface area contributed by atoms with E-state index in [-0.39, 0.29) is 23.2 Å². The molecule has 0 radical (unpaired) electrons. The fraction of sp³-hybridized carbons (Fsp3) is 0.320. The lowest BCUT2D eigenvalue weighted by Gasteiger charge is -2.33. The van der Waals surface area contributed by atoms with E-state index in [2.05, 4.69) is 10.3 Å². The maximum Gasteiger partial charge on any atom is 0.272 e. The minimum absolute atomic E-state index is 0.0575. The van der Waals surface area contributed by atoms with Gasteiger partial charge in [-0.05, 0) is 50.1 Å². The van der Waals surface area contributed by atoms with E-state index in [0.29, 0.717) is 53.0 Å². The maximum absolute atomic E-state index is 14.8. The number of thiophene rings is 1. The molecule has 1 saturated heterocycles. The standard InChI is InChI=1S/C25H27FN4O4S/c1-14-13-34-9-8-30(14)25(33)20-4-3-5-22(28-20)29-24-18(23(27)32)12-21(35-24)17-7-6-16(10-15(2)31)11-19(17)26/h3-7,11-12,14-15,31H,8-10,13H2,1-2H3,(H2,27,32)(H,28,29)/t14-,15?/m1/s1. The minimum Gasteiger partial charge on any atom is -0.393 e. The molecule has 10 heteroatoms. The molecule has 0 aliphatic carbocycles. The number of aromatic nitrogens is 1. The van der Waals surface area contributed by atoms with Crippen molar-refractivity contribution in [2.24, 2.45) is 5.73 Å². The van der Waals surface area contributed by atoms with Gasteiger partial charge in [0.05, 0.1) is 30.9 Å². The SMILES string of the molecule is CC(O)Cc1ccc(-c2cc(C(N)=O)c(Nc3cccc(C(=O)N4CCOC[C@H]4C)n3)s2)c(F)c1. The highest BCUT2D eigenvalue weighted by Crippen LogP contribution is 2.38. The maximum atomic E-state index is 14.8. The van der Waals surface area contributed by atoms with Crippen LogP contribution >= 0.6 is 11.3 Å². The zero-order valence-electron chi connectivity index (χ0n) is 19.5. The van der Waals surface area contributed by atoms with Crippen LogP contribution < -0.4 is 11.1 Å². The number of hydrogen-bond donors (Lipinski definition) is 3. The van der Waals surface area contributed by atoms with Crippen LogP contribution in [0.15, 0.2) is 42.5 Å². The number of halogens is 1. The highest BCUT2D eigenvalue weighted by Gasteiger charge is 2.26. The fourth-order valence-electron chi connectivity index (χ4n) is 3.94. The molecule has 1 aliphatic heterocycles. The number of pyridine rings is 1. The zero-order valence-corrected chi connectivity index (χ0v) is 20.3. The first kappa shape index (κ1) is 24.8. The molecule has 4 rings (SSSR count). The summed E-state index contributed by atoms with van der Waals surface area (Å²) in [6, 6.07) is 11.2. The number of hydrogen-bond acceptors (Lipinski definition) is 7. The van der Waals surface area contributed by atoms with E-state index in [1.807, 2.05) is 6.92 Å². The van der Waals surface area contributed by atoms with Gasteiger partial charge in [-0.1, -0.05) is 18.2 Å². The first-order valence-electron chi connectivity index (χ1n) is 11.3. The van der Waals surface area contributed by atoms with E-state index in [1.54, 1.807) is 42.2 Å². The largest absolute Gasteiger partial charge is 0.393 e. The van der Waals surface area contributed by atoms with Crippen LogP contribution in [-0.2, 0) is 11.2 Å². The molecule has 0 spiro atoms. The fourth-order valence-corrected chi connectivity index (χ4v) is 5.04. The molecule has 3 aromatic rings. The third-order valence-electron chi connectivity index (χ3n) is 5.67.